The van der Waals surface area contributed by atoms with Gasteiger partial charge in [-0.3, -0.25) is 29.5 Å². The summed E-state index contributed by atoms with van der Waals surface area (Å²) in [6.45, 7) is 0. The van der Waals surface area contributed by atoms with Gasteiger partial charge in [-0.25, -0.2) is 9.97 Å². The van der Waals surface area contributed by atoms with Gasteiger partial charge in [0.05, 0.1) is 11.0 Å². The molecule has 32 heavy (non-hydrogen) atoms. The van der Waals surface area contributed by atoms with Crippen LogP contribution in [0.5, 0.6) is 0 Å². The first-order chi connectivity index (χ1) is 15.7. The molecule has 0 amide bonds. The summed E-state index contributed by atoms with van der Waals surface area (Å²) >= 11 is 0. The molecule has 0 bridgehead atoms. The van der Waals surface area contributed by atoms with Crippen LogP contribution in [0.2, 0.25) is 0 Å². The molecule has 8 heteroatoms. The van der Waals surface area contributed by atoms with Crippen LogP contribution in [0, 0.1) is 0 Å². The Labute approximate surface area is 180 Å². The monoisotopic (exact) mass is 418 g/mol. The summed E-state index contributed by atoms with van der Waals surface area (Å²) in [6.07, 6.45) is 12.7. The molecule has 0 spiro atoms. The van der Waals surface area contributed by atoms with Crippen LogP contribution in [-0.2, 0) is 0 Å². The topological polar surface area (TPSA) is 111 Å². The predicted molar refractivity (Wildman–Crippen MR) is 122 cm³/mol. The lowest BCUT2D eigenvalue weighted by molar-refractivity contribution is 1.29. The quantitative estimate of drug-likeness (QED) is 0.370. The Balaban J connectivity index is 0.000000135. The molecule has 0 aliphatic heterocycles. The molecular weight excluding hydrogens is 404 g/mol. The molecule has 0 fully saturated rings. The summed E-state index contributed by atoms with van der Waals surface area (Å²) in [6, 6.07) is 10.8. The highest BCUT2D eigenvalue weighted by Gasteiger charge is 2.04. The highest BCUT2D eigenvalue weighted by molar-refractivity contribution is 5.90. The van der Waals surface area contributed by atoms with Crippen LogP contribution in [0.15, 0.2) is 95.6 Å². The van der Waals surface area contributed by atoms with Crippen molar-refractivity contribution in [1.29, 1.82) is 0 Å². The Morgan fingerprint density at radius 2 is 1.03 bits per heavy atom. The summed E-state index contributed by atoms with van der Waals surface area (Å²) in [5, 5.41) is 2.83. The summed E-state index contributed by atoms with van der Waals surface area (Å²) in [7, 11) is 0. The van der Waals surface area contributed by atoms with E-state index in [0.29, 0.717) is 32.8 Å². The van der Waals surface area contributed by atoms with E-state index in [0.717, 1.165) is 10.8 Å². The van der Waals surface area contributed by atoms with Crippen LogP contribution in [-0.4, -0.2) is 29.9 Å². The number of hydrogen-bond donors (Lipinski definition) is 0. The van der Waals surface area contributed by atoms with Gasteiger partial charge in [0.2, 0.25) is 10.9 Å². The Kier molecular flexibility index (Phi) is 4.93. The van der Waals surface area contributed by atoms with Gasteiger partial charge in [-0.15, -0.1) is 0 Å². The molecule has 4 aromatic heterocycles. The average molecular weight is 418 g/mol. The minimum Gasteiger partial charge on any atom is -0.287 e. The van der Waals surface area contributed by atoms with Crippen LogP contribution in [0.25, 0.3) is 43.6 Å². The largest absolute Gasteiger partial charge is 0.287 e. The van der Waals surface area contributed by atoms with Crippen LogP contribution in [0.3, 0.4) is 0 Å². The van der Waals surface area contributed by atoms with Crippen molar-refractivity contribution in [3.05, 3.63) is 106 Å². The van der Waals surface area contributed by atoms with Crippen molar-refractivity contribution in [2.75, 3.05) is 0 Å². The molecule has 0 N–H and O–H groups in total. The molecule has 0 atom stereocenters. The van der Waals surface area contributed by atoms with Gasteiger partial charge in [0, 0.05) is 65.7 Å². The Morgan fingerprint density at radius 1 is 0.469 bits per heavy atom. The number of hydrogen-bond acceptors (Lipinski definition) is 8. The number of rotatable bonds is 0. The highest BCUT2D eigenvalue weighted by atomic mass is 16.1. The molecule has 0 saturated carbocycles. The second-order valence-corrected chi connectivity index (χ2v) is 6.83. The zero-order valence-electron chi connectivity index (χ0n) is 16.6. The first-order valence-corrected chi connectivity index (χ1v) is 9.68. The molecule has 2 aromatic carbocycles. The molecule has 152 valence electrons. The van der Waals surface area contributed by atoms with Gasteiger partial charge in [-0.05, 0) is 29.7 Å². The van der Waals surface area contributed by atoms with E-state index in [1.807, 2.05) is 12.1 Å². The van der Waals surface area contributed by atoms with Crippen molar-refractivity contribution in [2.24, 2.45) is 0 Å². The van der Waals surface area contributed by atoms with Crippen LogP contribution in [0.4, 0.5) is 0 Å². The Hall–Kier alpha value is -4.72. The lowest BCUT2D eigenvalue weighted by atomic mass is 10.2. The molecular formula is C24H14N6O2. The second kappa shape index (κ2) is 8.19. The molecule has 0 unspecified atom stereocenters. The first kappa shape index (κ1) is 19.3. The molecule has 6 aromatic rings. The molecule has 0 saturated heterocycles. The molecule has 0 aliphatic rings. The van der Waals surface area contributed by atoms with Gasteiger partial charge in [0.1, 0.15) is 11.0 Å². The van der Waals surface area contributed by atoms with Crippen molar-refractivity contribution in [2.45, 2.75) is 0 Å². The molecule has 0 aliphatic carbocycles. The third kappa shape index (κ3) is 3.50. The van der Waals surface area contributed by atoms with E-state index < -0.39 is 0 Å². The minimum absolute atomic E-state index is 0.106. The molecule has 0 radical (unpaired) electrons. The molecule has 4 heterocycles. The fraction of sp³-hybridized carbons (Fsp3) is 0. The van der Waals surface area contributed by atoms with Crippen LogP contribution < -0.4 is 10.9 Å². The van der Waals surface area contributed by atoms with Gasteiger partial charge < -0.3 is 0 Å². The number of nitrogens with zero attached hydrogens (tertiary/aromatic N) is 6. The number of pyridine rings is 2. The SMILES string of the molecule is O=c1c2ccncc2ccc2nccnc12.O=c1c2cnccc2ccc2nccnc12. The second-order valence-electron chi connectivity index (χ2n) is 6.83. The van der Waals surface area contributed by atoms with E-state index in [9.17, 15) is 9.59 Å². The van der Waals surface area contributed by atoms with Gasteiger partial charge in [-0.1, -0.05) is 12.1 Å². The maximum Gasteiger partial charge on any atom is 0.215 e. The van der Waals surface area contributed by atoms with Gasteiger partial charge in [0.15, 0.2) is 0 Å². The first-order valence-electron chi connectivity index (χ1n) is 9.68. The number of aromatic nitrogens is 6. The van der Waals surface area contributed by atoms with Crippen molar-refractivity contribution >= 4 is 43.6 Å². The summed E-state index contributed by atoms with van der Waals surface area (Å²) in [5.41, 5.74) is 1.74. The van der Waals surface area contributed by atoms with Crippen molar-refractivity contribution in [1.82, 2.24) is 29.9 Å². The molecule has 8 nitrogen and oxygen atoms in total. The van der Waals surface area contributed by atoms with Gasteiger partial charge >= 0.3 is 0 Å². The predicted octanol–water partition coefficient (Wildman–Crippen LogP) is 3.08. The third-order valence-corrected chi connectivity index (χ3v) is 4.92. The van der Waals surface area contributed by atoms with E-state index >= 15 is 0 Å². The Morgan fingerprint density at radius 3 is 1.75 bits per heavy atom. The zero-order valence-corrected chi connectivity index (χ0v) is 16.6. The summed E-state index contributed by atoms with van der Waals surface area (Å²) < 4.78 is 0. The fourth-order valence-corrected chi connectivity index (χ4v) is 3.37. The Bertz CT molecular complexity index is 1490. The lowest BCUT2D eigenvalue weighted by Gasteiger charge is -1.88. The third-order valence-electron chi connectivity index (χ3n) is 4.92. The normalized spacial score (nSPS) is 10.8. The van der Waals surface area contributed by atoms with Crippen molar-refractivity contribution in [3.8, 4) is 0 Å². The van der Waals surface area contributed by atoms with Gasteiger partial charge in [-0.2, -0.15) is 0 Å². The van der Waals surface area contributed by atoms with Crippen LogP contribution >= 0.6 is 0 Å². The van der Waals surface area contributed by atoms with Crippen molar-refractivity contribution < 1.29 is 0 Å². The van der Waals surface area contributed by atoms with E-state index in [2.05, 4.69) is 29.9 Å². The van der Waals surface area contributed by atoms with E-state index in [1.165, 1.54) is 12.4 Å². The van der Waals surface area contributed by atoms with E-state index in [1.54, 1.807) is 61.4 Å². The minimum atomic E-state index is -0.129. The smallest absolute Gasteiger partial charge is 0.215 e. The van der Waals surface area contributed by atoms with Crippen molar-refractivity contribution in [3.63, 3.8) is 0 Å². The number of fused-ring (bicyclic) bond motifs is 4. The standard InChI is InChI=1S/2C12H7N3O/c16-12-9-3-4-13-7-8(9)1-2-10-11(12)15-6-5-14-10;16-12-9-7-13-4-3-8(9)1-2-10-11(12)15-6-5-14-10/h2*1-7H. The van der Waals surface area contributed by atoms with Gasteiger partial charge in [0.25, 0.3) is 0 Å². The average Bonchev–Trinajstić information content (AvgIpc) is 3.09. The summed E-state index contributed by atoms with van der Waals surface area (Å²) in [5.74, 6) is 0. The highest BCUT2D eigenvalue weighted by Crippen LogP contribution is 2.11. The maximum absolute atomic E-state index is 12.2. The van der Waals surface area contributed by atoms with E-state index in [-0.39, 0.29) is 10.9 Å². The molecule has 6 rings (SSSR count). The van der Waals surface area contributed by atoms with Crippen LogP contribution in [0.1, 0.15) is 0 Å². The maximum atomic E-state index is 12.2. The lowest BCUT2D eigenvalue weighted by Crippen LogP contribution is -2.01. The van der Waals surface area contributed by atoms with E-state index in [4.69, 9.17) is 0 Å². The summed E-state index contributed by atoms with van der Waals surface area (Å²) in [4.78, 5) is 48.6. The fourth-order valence-electron chi connectivity index (χ4n) is 3.37. The zero-order chi connectivity index (χ0) is 21.9.